The second-order valence-electron chi connectivity index (χ2n) is 5.42. The van der Waals surface area contributed by atoms with Crippen molar-refractivity contribution in [2.24, 2.45) is 0 Å². The molecule has 0 N–H and O–H groups in total. The molecule has 0 amide bonds. The monoisotopic (exact) mass is 260 g/mol. The number of fused-ring (bicyclic) bond motifs is 1. The fourth-order valence-corrected chi connectivity index (χ4v) is 2.84. The molecule has 0 saturated carbocycles. The first-order chi connectivity index (χ1) is 9.26. The number of nitrogens with zero attached hydrogens (tertiary/aromatic N) is 2. The highest BCUT2D eigenvalue weighted by Crippen LogP contribution is 2.27. The number of unbranched alkanes of at least 4 members (excludes halogenated alkanes) is 2. The molecule has 19 heavy (non-hydrogen) atoms. The van der Waals surface area contributed by atoms with E-state index in [4.69, 9.17) is 4.98 Å². The molecular formula is C16H24N2O. The van der Waals surface area contributed by atoms with E-state index in [0.29, 0.717) is 5.92 Å². The van der Waals surface area contributed by atoms with Gasteiger partial charge in [0, 0.05) is 24.2 Å². The quantitative estimate of drug-likeness (QED) is 0.580. The zero-order valence-electron chi connectivity index (χ0n) is 11.9. The van der Waals surface area contributed by atoms with Gasteiger partial charge in [-0.05, 0) is 32.1 Å². The molecule has 104 valence electrons. The van der Waals surface area contributed by atoms with Crippen molar-refractivity contribution in [2.45, 2.75) is 64.3 Å². The third-order valence-electron chi connectivity index (χ3n) is 3.88. The summed E-state index contributed by atoms with van der Waals surface area (Å²) >= 11 is 0. The molecule has 3 nitrogen and oxygen atoms in total. The van der Waals surface area contributed by atoms with Gasteiger partial charge in [-0.3, -0.25) is 9.36 Å². The van der Waals surface area contributed by atoms with Crippen LogP contribution in [0.25, 0.3) is 0 Å². The Morgan fingerprint density at radius 2 is 2.37 bits per heavy atom. The maximum absolute atomic E-state index is 12.2. The van der Waals surface area contributed by atoms with Crippen molar-refractivity contribution in [2.75, 3.05) is 0 Å². The molecule has 1 aromatic rings. The van der Waals surface area contributed by atoms with Crippen LogP contribution in [0.3, 0.4) is 0 Å². The lowest BCUT2D eigenvalue weighted by Crippen LogP contribution is -2.30. The summed E-state index contributed by atoms with van der Waals surface area (Å²) in [5, 5.41) is 0. The van der Waals surface area contributed by atoms with Gasteiger partial charge in [0.15, 0.2) is 0 Å². The van der Waals surface area contributed by atoms with Crippen LogP contribution in [-0.4, -0.2) is 9.55 Å². The predicted molar refractivity (Wildman–Crippen MR) is 78.5 cm³/mol. The van der Waals surface area contributed by atoms with Crippen molar-refractivity contribution >= 4 is 0 Å². The Labute approximate surface area is 115 Å². The average molecular weight is 260 g/mol. The van der Waals surface area contributed by atoms with Crippen LogP contribution in [0, 0.1) is 0 Å². The van der Waals surface area contributed by atoms with Crippen LogP contribution in [0.2, 0.25) is 0 Å². The van der Waals surface area contributed by atoms with E-state index < -0.39 is 0 Å². The van der Waals surface area contributed by atoms with Gasteiger partial charge >= 0.3 is 0 Å². The predicted octanol–water partition coefficient (Wildman–Crippen LogP) is 3.43. The summed E-state index contributed by atoms with van der Waals surface area (Å²) in [7, 11) is 0. The Kier molecular flexibility index (Phi) is 4.94. The van der Waals surface area contributed by atoms with Gasteiger partial charge in [-0.25, -0.2) is 4.98 Å². The maximum atomic E-state index is 12.2. The van der Waals surface area contributed by atoms with Crippen molar-refractivity contribution in [3.05, 3.63) is 40.6 Å². The molecule has 0 saturated heterocycles. The minimum absolute atomic E-state index is 0.130. The molecule has 2 rings (SSSR count). The maximum Gasteiger partial charge on any atom is 0.253 e. The third-order valence-corrected chi connectivity index (χ3v) is 3.88. The number of rotatable bonds is 6. The van der Waals surface area contributed by atoms with Gasteiger partial charge in [0.2, 0.25) is 0 Å². The van der Waals surface area contributed by atoms with Crippen LogP contribution in [0.1, 0.15) is 62.9 Å². The van der Waals surface area contributed by atoms with E-state index in [0.717, 1.165) is 50.2 Å². The zero-order chi connectivity index (χ0) is 13.7. The molecule has 1 unspecified atom stereocenters. The molecule has 0 radical (unpaired) electrons. The van der Waals surface area contributed by atoms with E-state index in [9.17, 15) is 4.79 Å². The third kappa shape index (κ3) is 3.34. The molecule has 0 spiro atoms. The Morgan fingerprint density at radius 3 is 3.11 bits per heavy atom. The van der Waals surface area contributed by atoms with Crippen LogP contribution < -0.4 is 5.56 Å². The summed E-state index contributed by atoms with van der Waals surface area (Å²) < 4.78 is 1.86. The lowest BCUT2D eigenvalue weighted by Gasteiger charge is -2.25. The first kappa shape index (κ1) is 14.0. The van der Waals surface area contributed by atoms with E-state index in [2.05, 4.69) is 13.5 Å². The molecule has 0 aliphatic carbocycles. The summed E-state index contributed by atoms with van der Waals surface area (Å²) in [4.78, 5) is 16.9. The minimum Gasteiger partial charge on any atom is -0.296 e. The van der Waals surface area contributed by atoms with Crippen molar-refractivity contribution in [1.29, 1.82) is 0 Å². The van der Waals surface area contributed by atoms with Crippen molar-refractivity contribution in [3.8, 4) is 0 Å². The number of hydrogen-bond donors (Lipinski definition) is 0. The largest absolute Gasteiger partial charge is 0.296 e. The Bertz CT molecular complexity index is 490. The fourth-order valence-electron chi connectivity index (χ4n) is 2.84. The molecule has 1 atom stereocenters. The van der Waals surface area contributed by atoms with Gasteiger partial charge < -0.3 is 0 Å². The Morgan fingerprint density at radius 1 is 1.53 bits per heavy atom. The zero-order valence-corrected chi connectivity index (χ0v) is 11.9. The van der Waals surface area contributed by atoms with E-state index in [1.807, 2.05) is 10.6 Å². The standard InChI is InChI=1S/C16H24N2O/c1-3-5-6-10-14-12-15(19)18-11-7-9-13(8-4-2)16(18)17-14/h4,12-13H,2-3,5-11H2,1H3. The Hall–Kier alpha value is -1.38. The second-order valence-corrected chi connectivity index (χ2v) is 5.42. The topological polar surface area (TPSA) is 34.9 Å². The highest BCUT2D eigenvalue weighted by atomic mass is 16.1. The lowest BCUT2D eigenvalue weighted by molar-refractivity contribution is 0.422. The molecule has 0 fully saturated rings. The van der Waals surface area contributed by atoms with Gasteiger partial charge in [0.05, 0.1) is 0 Å². The smallest absolute Gasteiger partial charge is 0.253 e. The summed E-state index contributed by atoms with van der Waals surface area (Å²) in [6.07, 6.45) is 9.51. The average Bonchev–Trinajstić information content (AvgIpc) is 2.40. The Balaban J connectivity index is 2.25. The van der Waals surface area contributed by atoms with Gasteiger partial charge in [-0.2, -0.15) is 0 Å². The van der Waals surface area contributed by atoms with Crippen LogP contribution in [0.15, 0.2) is 23.5 Å². The van der Waals surface area contributed by atoms with Crippen LogP contribution in [-0.2, 0) is 13.0 Å². The second kappa shape index (κ2) is 6.69. The van der Waals surface area contributed by atoms with Crippen molar-refractivity contribution in [3.63, 3.8) is 0 Å². The molecule has 2 heterocycles. The normalized spacial score (nSPS) is 18.1. The SMILES string of the molecule is C=CCC1CCCn2c1nc(CCCCC)cc2=O. The molecule has 0 bridgehead atoms. The fraction of sp³-hybridized carbons (Fsp3) is 0.625. The van der Waals surface area contributed by atoms with Crippen LogP contribution in [0.4, 0.5) is 0 Å². The highest BCUT2D eigenvalue weighted by molar-refractivity contribution is 5.11. The van der Waals surface area contributed by atoms with Crippen molar-refractivity contribution in [1.82, 2.24) is 9.55 Å². The van der Waals surface area contributed by atoms with Crippen LogP contribution in [0.5, 0.6) is 0 Å². The van der Waals surface area contributed by atoms with Gasteiger partial charge in [0.25, 0.3) is 5.56 Å². The minimum atomic E-state index is 0.130. The van der Waals surface area contributed by atoms with E-state index in [-0.39, 0.29) is 5.56 Å². The number of aromatic nitrogens is 2. The first-order valence-electron chi connectivity index (χ1n) is 7.47. The van der Waals surface area contributed by atoms with E-state index >= 15 is 0 Å². The molecular weight excluding hydrogens is 236 g/mol. The summed E-state index contributed by atoms with van der Waals surface area (Å²) in [5.41, 5.74) is 1.10. The van der Waals surface area contributed by atoms with E-state index in [1.54, 1.807) is 6.07 Å². The molecule has 1 aliphatic rings. The molecule has 1 aliphatic heterocycles. The number of hydrogen-bond acceptors (Lipinski definition) is 2. The number of allylic oxidation sites excluding steroid dienone is 1. The molecule has 1 aromatic heterocycles. The summed E-state index contributed by atoms with van der Waals surface area (Å²) in [6.45, 7) is 6.83. The van der Waals surface area contributed by atoms with Crippen molar-refractivity contribution < 1.29 is 0 Å². The molecule has 0 aromatic carbocycles. The summed E-state index contributed by atoms with van der Waals surface area (Å²) in [5.74, 6) is 1.37. The van der Waals surface area contributed by atoms with Gasteiger partial charge in [-0.1, -0.05) is 25.8 Å². The number of aryl methyl sites for hydroxylation is 1. The van der Waals surface area contributed by atoms with E-state index in [1.165, 1.54) is 12.8 Å². The van der Waals surface area contributed by atoms with Crippen LogP contribution >= 0.6 is 0 Å². The molecule has 3 heteroatoms. The first-order valence-corrected chi connectivity index (χ1v) is 7.47. The van der Waals surface area contributed by atoms with Gasteiger partial charge in [-0.15, -0.1) is 6.58 Å². The summed E-state index contributed by atoms with van der Waals surface area (Å²) in [6, 6.07) is 1.73. The highest BCUT2D eigenvalue weighted by Gasteiger charge is 2.22. The van der Waals surface area contributed by atoms with Gasteiger partial charge in [0.1, 0.15) is 5.82 Å². The lowest BCUT2D eigenvalue weighted by atomic mass is 9.95.